The van der Waals surface area contributed by atoms with Gasteiger partial charge in [0.2, 0.25) is 11.8 Å². The summed E-state index contributed by atoms with van der Waals surface area (Å²) in [6.07, 6.45) is -1.75. The number of aliphatic hydroxyl groups is 1. The SMILES string of the molecule is Cc1ccc2c(NC[C@H](O)C(F)(F)F)cccc2c1Oc1ncccc1-c1ccnc(N[C@H]2CCCNC2)n1. The van der Waals surface area contributed by atoms with Crippen LogP contribution in [0.25, 0.3) is 22.0 Å². The number of aliphatic hydroxyl groups excluding tert-OH is 1. The van der Waals surface area contributed by atoms with E-state index < -0.39 is 18.8 Å². The molecule has 0 radical (unpaired) electrons. The third-order valence-electron chi connectivity index (χ3n) is 6.60. The largest absolute Gasteiger partial charge is 0.437 e. The molecule has 2 aromatic heterocycles. The van der Waals surface area contributed by atoms with Crippen LogP contribution in [0.1, 0.15) is 18.4 Å². The fraction of sp³-hybridized carbons (Fsp3) is 0.321. The number of fused-ring (bicyclic) bond motifs is 1. The minimum atomic E-state index is -4.71. The first-order valence-corrected chi connectivity index (χ1v) is 12.7. The van der Waals surface area contributed by atoms with Gasteiger partial charge in [0.1, 0.15) is 5.75 Å². The first kappa shape index (κ1) is 26.6. The second-order valence-corrected chi connectivity index (χ2v) is 9.46. The molecule has 5 rings (SSSR count). The van der Waals surface area contributed by atoms with Gasteiger partial charge < -0.3 is 25.8 Å². The van der Waals surface area contributed by atoms with E-state index in [1.165, 1.54) is 0 Å². The molecule has 4 aromatic rings. The number of alkyl halides is 3. The summed E-state index contributed by atoms with van der Waals surface area (Å²) in [5.41, 5.74) is 2.58. The third-order valence-corrected chi connectivity index (χ3v) is 6.60. The van der Waals surface area contributed by atoms with Crippen molar-refractivity contribution >= 4 is 22.4 Å². The molecular weight excluding hydrogens is 509 g/mol. The molecule has 0 unspecified atom stereocenters. The maximum absolute atomic E-state index is 12.8. The van der Waals surface area contributed by atoms with Gasteiger partial charge >= 0.3 is 6.18 Å². The van der Waals surface area contributed by atoms with Crippen LogP contribution in [-0.2, 0) is 0 Å². The number of nitrogens with zero attached hydrogens (tertiary/aromatic N) is 3. The Balaban J connectivity index is 1.44. The van der Waals surface area contributed by atoms with Gasteiger partial charge in [0.15, 0.2) is 6.10 Å². The number of nitrogens with one attached hydrogen (secondary N) is 3. The Bertz CT molecular complexity index is 1440. The zero-order valence-corrected chi connectivity index (χ0v) is 21.3. The van der Waals surface area contributed by atoms with E-state index in [0.29, 0.717) is 45.3 Å². The normalized spacial score (nSPS) is 16.6. The molecule has 2 aromatic carbocycles. The molecular formula is C28H29F3N6O2. The molecule has 1 aliphatic heterocycles. The monoisotopic (exact) mass is 538 g/mol. The highest BCUT2D eigenvalue weighted by Gasteiger charge is 2.37. The van der Waals surface area contributed by atoms with Crippen molar-refractivity contribution in [1.82, 2.24) is 20.3 Å². The van der Waals surface area contributed by atoms with Crippen molar-refractivity contribution in [1.29, 1.82) is 0 Å². The van der Waals surface area contributed by atoms with Crippen molar-refractivity contribution in [2.45, 2.75) is 38.1 Å². The summed E-state index contributed by atoms with van der Waals surface area (Å²) >= 11 is 0. The molecule has 2 atom stereocenters. The molecule has 1 aliphatic rings. The molecule has 0 aliphatic carbocycles. The first-order chi connectivity index (χ1) is 18.8. The molecule has 204 valence electrons. The van der Waals surface area contributed by atoms with E-state index in [1.54, 1.807) is 36.7 Å². The lowest BCUT2D eigenvalue weighted by atomic mass is 10.0. The Labute approximate surface area is 223 Å². The summed E-state index contributed by atoms with van der Waals surface area (Å²) in [6, 6.07) is 14.5. The van der Waals surface area contributed by atoms with Gasteiger partial charge in [-0.2, -0.15) is 13.2 Å². The zero-order valence-electron chi connectivity index (χ0n) is 21.3. The fourth-order valence-electron chi connectivity index (χ4n) is 4.55. The highest BCUT2D eigenvalue weighted by atomic mass is 19.4. The predicted octanol–water partition coefficient (Wildman–Crippen LogP) is 5.29. The second-order valence-electron chi connectivity index (χ2n) is 9.46. The van der Waals surface area contributed by atoms with E-state index in [0.717, 1.165) is 31.5 Å². The summed E-state index contributed by atoms with van der Waals surface area (Å²) in [5.74, 6) is 1.38. The van der Waals surface area contributed by atoms with Crippen molar-refractivity contribution < 1.29 is 23.0 Å². The molecule has 39 heavy (non-hydrogen) atoms. The van der Waals surface area contributed by atoms with Crippen LogP contribution in [0.4, 0.5) is 24.8 Å². The molecule has 1 saturated heterocycles. The predicted molar refractivity (Wildman–Crippen MR) is 144 cm³/mol. The average Bonchev–Trinajstić information content (AvgIpc) is 2.93. The van der Waals surface area contributed by atoms with Gasteiger partial charge in [0.05, 0.1) is 11.3 Å². The number of rotatable bonds is 8. The molecule has 0 bridgehead atoms. The van der Waals surface area contributed by atoms with Crippen LogP contribution in [0.3, 0.4) is 0 Å². The summed E-state index contributed by atoms with van der Waals surface area (Å²) in [4.78, 5) is 13.5. The number of benzene rings is 2. The number of pyridine rings is 1. The lowest BCUT2D eigenvalue weighted by Gasteiger charge is -2.23. The van der Waals surface area contributed by atoms with Crippen LogP contribution in [-0.4, -0.2) is 58.0 Å². The molecule has 11 heteroatoms. The van der Waals surface area contributed by atoms with E-state index in [2.05, 4.69) is 25.9 Å². The summed E-state index contributed by atoms with van der Waals surface area (Å²) < 4.78 is 44.8. The molecule has 4 N–H and O–H groups in total. The summed E-state index contributed by atoms with van der Waals surface area (Å²) in [7, 11) is 0. The van der Waals surface area contributed by atoms with Crippen LogP contribution >= 0.6 is 0 Å². The maximum atomic E-state index is 12.8. The third kappa shape index (κ3) is 6.21. The number of hydrogen-bond donors (Lipinski definition) is 4. The number of hydrogen-bond acceptors (Lipinski definition) is 8. The van der Waals surface area contributed by atoms with E-state index in [-0.39, 0.29) is 6.04 Å². The fourth-order valence-corrected chi connectivity index (χ4v) is 4.55. The van der Waals surface area contributed by atoms with E-state index in [9.17, 15) is 18.3 Å². The van der Waals surface area contributed by atoms with Gasteiger partial charge in [-0.05, 0) is 56.1 Å². The Morgan fingerprint density at radius 3 is 2.74 bits per heavy atom. The quantitative estimate of drug-likeness (QED) is 0.240. The highest BCUT2D eigenvalue weighted by Crippen LogP contribution is 2.38. The van der Waals surface area contributed by atoms with E-state index in [1.807, 2.05) is 31.2 Å². The molecule has 3 heterocycles. The number of halogens is 3. The summed E-state index contributed by atoms with van der Waals surface area (Å²) in [6.45, 7) is 3.07. The Kier molecular flexibility index (Phi) is 7.80. The van der Waals surface area contributed by atoms with E-state index >= 15 is 0 Å². The van der Waals surface area contributed by atoms with Crippen LogP contribution < -0.4 is 20.7 Å². The average molecular weight is 539 g/mol. The smallest absolute Gasteiger partial charge is 0.416 e. The molecule has 0 saturated carbocycles. The minimum absolute atomic E-state index is 0.247. The van der Waals surface area contributed by atoms with Gasteiger partial charge in [-0.25, -0.2) is 15.0 Å². The highest BCUT2D eigenvalue weighted by molar-refractivity contribution is 5.98. The number of aromatic nitrogens is 3. The van der Waals surface area contributed by atoms with Gasteiger partial charge in [-0.3, -0.25) is 0 Å². The zero-order chi connectivity index (χ0) is 27.4. The van der Waals surface area contributed by atoms with Crippen molar-refractivity contribution in [3.8, 4) is 22.9 Å². The lowest BCUT2D eigenvalue weighted by molar-refractivity contribution is -0.198. The molecule has 1 fully saturated rings. The van der Waals surface area contributed by atoms with Crippen LogP contribution in [0, 0.1) is 6.92 Å². The standard InChI is InChI=1S/C28H29F3N6O2/c1-17-9-10-19-20(6-2-8-22(19)35-16-24(38)28(29,30)31)25(17)39-26-21(7-4-13-33-26)23-11-14-34-27(37-23)36-18-5-3-12-32-15-18/h2,4,6-11,13-14,18,24,32,35,38H,3,5,12,15-16H2,1H3,(H,34,36,37)/t18-,24-/m0/s1. The number of piperidine rings is 1. The Morgan fingerprint density at radius 1 is 1.08 bits per heavy atom. The molecule has 8 nitrogen and oxygen atoms in total. The number of aryl methyl sites for hydroxylation is 1. The number of anilines is 2. The van der Waals surface area contributed by atoms with E-state index in [4.69, 9.17) is 9.72 Å². The van der Waals surface area contributed by atoms with Gasteiger partial charge in [-0.1, -0.05) is 24.3 Å². The van der Waals surface area contributed by atoms with Crippen LogP contribution in [0.2, 0.25) is 0 Å². The van der Waals surface area contributed by atoms with Crippen molar-refractivity contribution in [2.24, 2.45) is 0 Å². The van der Waals surface area contributed by atoms with Crippen LogP contribution in [0.5, 0.6) is 11.6 Å². The summed E-state index contributed by atoms with van der Waals surface area (Å²) in [5, 5.41) is 20.2. The maximum Gasteiger partial charge on any atom is 0.416 e. The Morgan fingerprint density at radius 2 is 1.95 bits per heavy atom. The van der Waals surface area contributed by atoms with Crippen molar-refractivity contribution in [3.63, 3.8) is 0 Å². The second kappa shape index (κ2) is 11.4. The lowest BCUT2D eigenvalue weighted by Crippen LogP contribution is -2.38. The van der Waals surface area contributed by atoms with Gasteiger partial charge in [0, 0.05) is 48.0 Å². The number of ether oxygens (including phenoxy) is 1. The van der Waals surface area contributed by atoms with Gasteiger partial charge in [0.25, 0.3) is 0 Å². The first-order valence-electron chi connectivity index (χ1n) is 12.7. The topological polar surface area (TPSA) is 104 Å². The minimum Gasteiger partial charge on any atom is -0.437 e. The van der Waals surface area contributed by atoms with Gasteiger partial charge in [-0.15, -0.1) is 0 Å². The Hall–Kier alpha value is -3.96. The van der Waals surface area contributed by atoms with Crippen LogP contribution in [0.15, 0.2) is 60.9 Å². The molecule has 0 amide bonds. The molecule has 0 spiro atoms. The van der Waals surface area contributed by atoms with Crippen molar-refractivity contribution in [3.05, 3.63) is 66.5 Å². The van der Waals surface area contributed by atoms with Crippen molar-refractivity contribution in [2.75, 3.05) is 30.3 Å².